The first-order chi connectivity index (χ1) is 9.74. The Kier molecular flexibility index (Phi) is 5.13. The van der Waals surface area contributed by atoms with Crippen LogP contribution in [0.1, 0.15) is 24.0 Å². The number of hydrogen-bond donors (Lipinski definition) is 1. The van der Waals surface area contributed by atoms with Crippen LogP contribution in [0.25, 0.3) is 0 Å². The van der Waals surface area contributed by atoms with Gasteiger partial charge in [0, 0.05) is 5.92 Å². The Bertz CT molecular complexity index is 556. The standard InChI is InChI=1S/C17H20FNO/c1-2-20-16-8-5-7-13(11-16)15(12-19)10-14-6-3-4-9-17(14)18/h3-9,11,15H,2,10,12,19H2,1H3. The van der Waals surface area contributed by atoms with Gasteiger partial charge in [-0.05, 0) is 49.2 Å². The third-order valence-corrected chi connectivity index (χ3v) is 3.35. The van der Waals surface area contributed by atoms with Crippen molar-refractivity contribution in [1.29, 1.82) is 0 Å². The molecule has 0 aliphatic rings. The van der Waals surface area contributed by atoms with Crippen LogP contribution < -0.4 is 10.5 Å². The van der Waals surface area contributed by atoms with E-state index in [4.69, 9.17) is 10.5 Å². The van der Waals surface area contributed by atoms with Gasteiger partial charge < -0.3 is 10.5 Å². The second-order valence-corrected chi connectivity index (χ2v) is 4.73. The Balaban J connectivity index is 2.20. The Morgan fingerprint density at radius 3 is 2.65 bits per heavy atom. The van der Waals surface area contributed by atoms with Gasteiger partial charge in [0.05, 0.1) is 6.61 Å². The largest absolute Gasteiger partial charge is 0.494 e. The summed E-state index contributed by atoms with van der Waals surface area (Å²) in [6.45, 7) is 3.06. The smallest absolute Gasteiger partial charge is 0.126 e. The Morgan fingerprint density at radius 1 is 1.15 bits per heavy atom. The molecule has 2 aromatic carbocycles. The fourth-order valence-electron chi connectivity index (χ4n) is 2.29. The summed E-state index contributed by atoms with van der Waals surface area (Å²) in [5.41, 5.74) is 7.65. The summed E-state index contributed by atoms with van der Waals surface area (Å²) >= 11 is 0. The van der Waals surface area contributed by atoms with Crippen LogP contribution in [0, 0.1) is 5.82 Å². The number of ether oxygens (including phenoxy) is 1. The third-order valence-electron chi connectivity index (χ3n) is 3.35. The molecule has 2 nitrogen and oxygen atoms in total. The molecular formula is C17H20FNO. The molecule has 1 atom stereocenters. The van der Waals surface area contributed by atoms with E-state index in [1.165, 1.54) is 6.07 Å². The highest BCUT2D eigenvalue weighted by atomic mass is 19.1. The molecule has 0 heterocycles. The summed E-state index contributed by atoms with van der Waals surface area (Å²) < 4.78 is 19.2. The summed E-state index contributed by atoms with van der Waals surface area (Å²) in [4.78, 5) is 0. The minimum atomic E-state index is -0.174. The molecule has 0 bridgehead atoms. The normalized spacial score (nSPS) is 12.2. The highest BCUT2D eigenvalue weighted by Gasteiger charge is 2.13. The summed E-state index contributed by atoms with van der Waals surface area (Å²) in [6.07, 6.45) is 0.596. The summed E-state index contributed by atoms with van der Waals surface area (Å²) in [7, 11) is 0. The van der Waals surface area contributed by atoms with Crippen LogP contribution in [-0.4, -0.2) is 13.2 Å². The minimum absolute atomic E-state index is 0.0901. The van der Waals surface area contributed by atoms with Gasteiger partial charge in [-0.3, -0.25) is 0 Å². The van der Waals surface area contributed by atoms with Crippen LogP contribution in [0.15, 0.2) is 48.5 Å². The van der Waals surface area contributed by atoms with Gasteiger partial charge in [0.25, 0.3) is 0 Å². The van der Waals surface area contributed by atoms with Gasteiger partial charge in [0.1, 0.15) is 11.6 Å². The average molecular weight is 273 g/mol. The predicted octanol–water partition coefficient (Wildman–Crippen LogP) is 3.51. The van der Waals surface area contributed by atoms with Gasteiger partial charge in [0.15, 0.2) is 0 Å². The molecule has 0 aromatic heterocycles. The highest BCUT2D eigenvalue weighted by molar-refractivity contribution is 5.32. The van der Waals surface area contributed by atoms with Crippen molar-refractivity contribution >= 4 is 0 Å². The Labute approximate surface area is 119 Å². The number of rotatable bonds is 6. The SMILES string of the molecule is CCOc1cccc(C(CN)Cc2ccccc2F)c1. The molecule has 3 heteroatoms. The molecule has 2 N–H and O–H groups in total. The van der Waals surface area contributed by atoms with Gasteiger partial charge >= 0.3 is 0 Å². The van der Waals surface area contributed by atoms with Crippen molar-refractivity contribution in [2.75, 3.05) is 13.2 Å². The summed E-state index contributed by atoms with van der Waals surface area (Å²) in [6, 6.07) is 14.7. The van der Waals surface area contributed by atoms with Crippen molar-refractivity contribution in [3.8, 4) is 5.75 Å². The third kappa shape index (κ3) is 3.58. The first kappa shape index (κ1) is 14.5. The van der Waals surface area contributed by atoms with E-state index < -0.39 is 0 Å². The van der Waals surface area contributed by atoms with Gasteiger partial charge in [-0.15, -0.1) is 0 Å². The zero-order valence-electron chi connectivity index (χ0n) is 11.7. The topological polar surface area (TPSA) is 35.2 Å². The van der Waals surface area contributed by atoms with E-state index in [9.17, 15) is 4.39 Å². The van der Waals surface area contributed by atoms with Crippen molar-refractivity contribution in [2.45, 2.75) is 19.3 Å². The van der Waals surface area contributed by atoms with E-state index in [0.29, 0.717) is 25.1 Å². The number of hydrogen-bond acceptors (Lipinski definition) is 2. The molecule has 0 spiro atoms. The maximum atomic E-state index is 13.7. The second kappa shape index (κ2) is 7.06. The molecule has 2 rings (SSSR count). The lowest BCUT2D eigenvalue weighted by atomic mass is 9.92. The van der Waals surface area contributed by atoms with Crippen molar-refractivity contribution in [1.82, 2.24) is 0 Å². The Morgan fingerprint density at radius 2 is 1.95 bits per heavy atom. The number of nitrogens with two attached hydrogens (primary N) is 1. The molecule has 1 unspecified atom stereocenters. The second-order valence-electron chi connectivity index (χ2n) is 4.73. The zero-order chi connectivity index (χ0) is 14.4. The monoisotopic (exact) mass is 273 g/mol. The molecule has 0 saturated carbocycles. The first-order valence-corrected chi connectivity index (χ1v) is 6.90. The molecule has 0 aliphatic heterocycles. The molecule has 0 fully saturated rings. The van der Waals surface area contributed by atoms with E-state index in [1.807, 2.05) is 43.3 Å². The van der Waals surface area contributed by atoms with Crippen molar-refractivity contribution in [2.24, 2.45) is 5.73 Å². The zero-order valence-corrected chi connectivity index (χ0v) is 11.7. The summed E-state index contributed by atoms with van der Waals surface area (Å²) in [5, 5.41) is 0. The predicted molar refractivity (Wildman–Crippen MR) is 79.5 cm³/mol. The van der Waals surface area contributed by atoms with Crippen LogP contribution in [0.5, 0.6) is 5.75 Å². The molecule has 0 saturated heterocycles. The fourth-order valence-corrected chi connectivity index (χ4v) is 2.29. The van der Waals surface area contributed by atoms with E-state index in [0.717, 1.165) is 11.3 Å². The van der Waals surface area contributed by atoms with Crippen LogP contribution in [0.3, 0.4) is 0 Å². The highest BCUT2D eigenvalue weighted by Crippen LogP contribution is 2.24. The van der Waals surface area contributed by atoms with Crippen LogP contribution in [0.2, 0.25) is 0 Å². The fraction of sp³-hybridized carbons (Fsp3) is 0.294. The molecular weight excluding hydrogens is 253 g/mol. The minimum Gasteiger partial charge on any atom is -0.494 e. The van der Waals surface area contributed by atoms with Crippen molar-refractivity contribution in [3.05, 3.63) is 65.5 Å². The van der Waals surface area contributed by atoms with E-state index >= 15 is 0 Å². The number of benzene rings is 2. The van der Waals surface area contributed by atoms with E-state index in [2.05, 4.69) is 0 Å². The van der Waals surface area contributed by atoms with Gasteiger partial charge in [0.2, 0.25) is 0 Å². The Hall–Kier alpha value is -1.87. The van der Waals surface area contributed by atoms with Gasteiger partial charge in [-0.25, -0.2) is 4.39 Å². The molecule has 20 heavy (non-hydrogen) atoms. The molecule has 106 valence electrons. The lowest BCUT2D eigenvalue weighted by Gasteiger charge is -2.17. The molecule has 0 aliphatic carbocycles. The van der Waals surface area contributed by atoms with Crippen LogP contribution >= 0.6 is 0 Å². The van der Waals surface area contributed by atoms with Gasteiger partial charge in [-0.2, -0.15) is 0 Å². The quantitative estimate of drug-likeness (QED) is 0.874. The molecule has 2 aromatic rings. The lowest BCUT2D eigenvalue weighted by Crippen LogP contribution is -2.15. The lowest BCUT2D eigenvalue weighted by molar-refractivity contribution is 0.339. The van der Waals surface area contributed by atoms with Gasteiger partial charge in [-0.1, -0.05) is 30.3 Å². The van der Waals surface area contributed by atoms with E-state index in [-0.39, 0.29) is 11.7 Å². The summed E-state index contributed by atoms with van der Waals surface area (Å²) in [5.74, 6) is 0.746. The van der Waals surface area contributed by atoms with Crippen molar-refractivity contribution < 1.29 is 9.13 Å². The first-order valence-electron chi connectivity index (χ1n) is 6.90. The molecule has 0 radical (unpaired) electrons. The maximum Gasteiger partial charge on any atom is 0.126 e. The van der Waals surface area contributed by atoms with Crippen molar-refractivity contribution in [3.63, 3.8) is 0 Å². The average Bonchev–Trinajstić information content (AvgIpc) is 2.47. The molecule has 0 amide bonds. The van der Waals surface area contributed by atoms with Crippen LogP contribution in [0.4, 0.5) is 4.39 Å². The van der Waals surface area contributed by atoms with E-state index in [1.54, 1.807) is 6.07 Å². The van der Waals surface area contributed by atoms with Crippen LogP contribution in [-0.2, 0) is 6.42 Å². The maximum absolute atomic E-state index is 13.7. The number of halogens is 1.